The lowest BCUT2D eigenvalue weighted by Crippen LogP contribution is -2.35. The molecule has 1 aromatic rings. The fourth-order valence-electron chi connectivity index (χ4n) is 1.20. The normalized spacial score (nSPS) is 13.2. The van der Waals surface area contributed by atoms with E-state index in [2.05, 4.69) is 0 Å². The smallest absolute Gasteiger partial charge is 0.294 e. The van der Waals surface area contributed by atoms with E-state index in [1.54, 1.807) is 13.0 Å². The van der Waals surface area contributed by atoms with Gasteiger partial charge >= 0.3 is 6.18 Å². The number of hydrazine groups is 1. The maximum Gasteiger partial charge on any atom is 0.416 e. The van der Waals surface area contributed by atoms with Crippen LogP contribution in [0.25, 0.3) is 0 Å². The lowest BCUT2D eigenvalue weighted by Gasteiger charge is -2.11. The lowest BCUT2D eigenvalue weighted by atomic mass is 10.2. The highest BCUT2D eigenvalue weighted by atomic mass is 32.2. The second kappa shape index (κ2) is 6.10. The summed E-state index contributed by atoms with van der Waals surface area (Å²) >= 11 is 1.19. The Labute approximate surface area is 107 Å². The van der Waals surface area contributed by atoms with Gasteiger partial charge in [0.15, 0.2) is 0 Å². The minimum atomic E-state index is -4.35. The van der Waals surface area contributed by atoms with Gasteiger partial charge < -0.3 is 0 Å². The minimum Gasteiger partial charge on any atom is -0.294 e. The van der Waals surface area contributed by atoms with Gasteiger partial charge in [0.1, 0.15) is 0 Å². The van der Waals surface area contributed by atoms with Gasteiger partial charge in [0.25, 0.3) is 0 Å². The first-order valence-corrected chi connectivity index (χ1v) is 6.13. The largest absolute Gasteiger partial charge is 0.416 e. The fourth-order valence-corrected chi connectivity index (χ4v) is 2.18. The Bertz CT molecular complexity index is 423. The SMILES string of the molecule is CC(CSc1cccc(C(F)(F)F)c1)C(=O)NN. The highest BCUT2D eigenvalue weighted by molar-refractivity contribution is 7.99. The van der Waals surface area contributed by atoms with E-state index in [4.69, 9.17) is 5.84 Å². The summed E-state index contributed by atoms with van der Waals surface area (Å²) in [7, 11) is 0. The molecule has 0 spiro atoms. The summed E-state index contributed by atoms with van der Waals surface area (Å²) in [5, 5.41) is 0. The summed E-state index contributed by atoms with van der Waals surface area (Å²) < 4.78 is 37.4. The zero-order valence-corrected chi connectivity index (χ0v) is 10.4. The van der Waals surface area contributed by atoms with Crippen molar-refractivity contribution in [3.8, 4) is 0 Å². The van der Waals surface area contributed by atoms with Crippen LogP contribution in [0.5, 0.6) is 0 Å². The molecule has 7 heteroatoms. The van der Waals surface area contributed by atoms with Crippen molar-refractivity contribution in [3.63, 3.8) is 0 Å². The Kier molecular flexibility index (Phi) is 5.03. The van der Waals surface area contributed by atoms with Crippen molar-refractivity contribution < 1.29 is 18.0 Å². The molecule has 1 unspecified atom stereocenters. The van der Waals surface area contributed by atoms with Crippen molar-refractivity contribution in [3.05, 3.63) is 29.8 Å². The van der Waals surface area contributed by atoms with Crippen molar-refractivity contribution in [2.75, 3.05) is 5.75 Å². The van der Waals surface area contributed by atoms with Crippen molar-refractivity contribution >= 4 is 17.7 Å². The molecule has 0 aliphatic rings. The van der Waals surface area contributed by atoms with Gasteiger partial charge in [0.05, 0.1) is 5.56 Å². The molecule has 1 aromatic carbocycles. The van der Waals surface area contributed by atoms with Crippen LogP contribution in [0.3, 0.4) is 0 Å². The number of benzene rings is 1. The number of rotatable bonds is 4. The van der Waals surface area contributed by atoms with Crippen LogP contribution in [0.15, 0.2) is 29.2 Å². The summed E-state index contributed by atoms with van der Waals surface area (Å²) in [6.07, 6.45) is -4.35. The first-order valence-electron chi connectivity index (χ1n) is 5.15. The second-order valence-electron chi connectivity index (χ2n) is 3.75. The third-order valence-electron chi connectivity index (χ3n) is 2.25. The fraction of sp³-hybridized carbons (Fsp3) is 0.364. The van der Waals surface area contributed by atoms with Gasteiger partial charge in [-0.05, 0) is 18.2 Å². The van der Waals surface area contributed by atoms with Crippen LogP contribution < -0.4 is 11.3 Å². The number of hydrogen-bond acceptors (Lipinski definition) is 3. The Morgan fingerprint density at radius 1 is 1.50 bits per heavy atom. The van der Waals surface area contributed by atoms with Gasteiger partial charge in [-0.15, -0.1) is 11.8 Å². The molecule has 0 bridgehead atoms. The molecule has 1 rings (SSSR count). The number of hydrogen-bond donors (Lipinski definition) is 2. The van der Waals surface area contributed by atoms with Crippen LogP contribution in [-0.2, 0) is 11.0 Å². The van der Waals surface area contributed by atoms with E-state index in [1.165, 1.54) is 17.8 Å². The van der Waals surface area contributed by atoms with E-state index in [0.717, 1.165) is 12.1 Å². The van der Waals surface area contributed by atoms with E-state index in [9.17, 15) is 18.0 Å². The molecule has 0 saturated carbocycles. The number of nitrogens with one attached hydrogen (secondary N) is 1. The highest BCUT2D eigenvalue weighted by Gasteiger charge is 2.30. The number of halogens is 3. The maximum atomic E-state index is 12.5. The number of carbonyl (C=O) groups is 1. The molecule has 0 heterocycles. The third-order valence-corrected chi connectivity index (χ3v) is 3.51. The highest BCUT2D eigenvalue weighted by Crippen LogP contribution is 2.32. The van der Waals surface area contributed by atoms with Gasteiger partial charge in [-0.25, -0.2) is 5.84 Å². The van der Waals surface area contributed by atoms with Crippen LogP contribution in [0, 0.1) is 5.92 Å². The molecule has 0 fully saturated rings. The molecule has 18 heavy (non-hydrogen) atoms. The van der Waals surface area contributed by atoms with Crippen LogP contribution in [0.2, 0.25) is 0 Å². The quantitative estimate of drug-likeness (QED) is 0.385. The Morgan fingerprint density at radius 2 is 2.17 bits per heavy atom. The predicted octanol–water partition coefficient (Wildman–Crippen LogP) is 2.42. The molecular weight excluding hydrogens is 265 g/mol. The van der Waals surface area contributed by atoms with E-state index in [-0.39, 0.29) is 11.8 Å². The van der Waals surface area contributed by atoms with Gasteiger partial charge in [0.2, 0.25) is 5.91 Å². The minimum absolute atomic E-state index is 0.338. The summed E-state index contributed by atoms with van der Waals surface area (Å²) in [4.78, 5) is 11.6. The van der Waals surface area contributed by atoms with Crippen LogP contribution in [0.4, 0.5) is 13.2 Å². The zero-order chi connectivity index (χ0) is 13.8. The molecule has 0 aliphatic heterocycles. The van der Waals surface area contributed by atoms with E-state index < -0.39 is 11.7 Å². The van der Waals surface area contributed by atoms with E-state index in [1.807, 2.05) is 5.43 Å². The van der Waals surface area contributed by atoms with Crippen molar-refractivity contribution in [1.82, 2.24) is 5.43 Å². The van der Waals surface area contributed by atoms with Crippen molar-refractivity contribution in [2.24, 2.45) is 11.8 Å². The summed E-state index contributed by atoms with van der Waals surface area (Å²) in [6, 6.07) is 5.00. The van der Waals surface area contributed by atoms with Gasteiger partial charge in [-0.2, -0.15) is 13.2 Å². The molecule has 3 N–H and O–H groups in total. The average molecular weight is 278 g/mol. The summed E-state index contributed by atoms with van der Waals surface area (Å²) in [5.74, 6) is 4.63. The maximum absolute atomic E-state index is 12.5. The Balaban J connectivity index is 2.66. The number of alkyl halides is 3. The molecular formula is C11H13F3N2OS. The topological polar surface area (TPSA) is 55.1 Å². The van der Waals surface area contributed by atoms with E-state index in [0.29, 0.717) is 10.6 Å². The molecule has 0 radical (unpaired) electrons. The molecule has 0 saturated heterocycles. The molecule has 1 atom stereocenters. The van der Waals surface area contributed by atoms with Crippen molar-refractivity contribution in [1.29, 1.82) is 0 Å². The first kappa shape index (κ1) is 14.8. The monoisotopic (exact) mass is 278 g/mol. The standard InChI is InChI=1S/C11H13F3N2OS/c1-7(10(17)16-15)6-18-9-4-2-3-8(5-9)11(12,13)14/h2-5,7H,6,15H2,1H3,(H,16,17). The lowest BCUT2D eigenvalue weighted by molar-refractivity contribution is -0.137. The number of thioether (sulfide) groups is 1. The molecule has 100 valence electrons. The summed E-state index contributed by atoms with van der Waals surface area (Å²) in [6.45, 7) is 1.66. The van der Waals surface area contributed by atoms with E-state index >= 15 is 0 Å². The van der Waals surface area contributed by atoms with Crippen LogP contribution in [-0.4, -0.2) is 11.7 Å². The molecule has 3 nitrogen and oxygen atoms in total. The van der Waals surface area contributed by atoms with Gasteiger partial charge in [-0.1, -0.05) is 13.0 Å². The van der Waals surface area contributed by atoms with Gasteiger partial charge in [0, 0.05) is 16.6 Å². The van der Waals surface area contributed by atoms with Crippen LogP contribution >= 0.6 is 11.8 Å². The van der Waals surface area contributed by atoms with Crippen molar-refractivity contribution in [2.45, 2.75) is 18.0 Å². The molecule has 0 aromatic heterocycles. The number of nitrogens with two attached hydrogens (primary N) is 1. The molecule has 0 aliphatic carbocycles. The summed E-state index contributed by atoms with van der Waals surface area (Å²) in [5.41, 5.74) is 1.31. The average Bonchev–Trinajstić information content (AvgIpc) is 2.34. The Morgan fingerprint density at radius 3 is 2.72 bits per heavy atom. The number of carbonyl (C=O) groups excluding carboxylic acids is 1. The first-order chi connectivity index (χ1) is 8.34. The third kappa shape index (κ3) is 4.23. The number of amides is 1. The van der Waals surface area contributed by atoms with Gasteiger partial charge in [-0.3, -0.25) is 10.2 Å². The predicted molar refractivity (Wildman–Crippen MR) is 63.7 cm³/mol. The Hall–Kier alpha value is -1.21. The second-order valence-corrected chi connectivity index (χ2v) is 4.84. The molecule has 1 amide bonds. The van der Waals surface area contributed by atoms with Crippen LogP contribution in [0.1, 0.15) is 12.5 Å². The zero-order valence-electron chi connectivity index (χ0n) is 9.62.